The Labute approximate surface area is 120 Å². The maximum Gasteiger partial charge on any atom is 0.238 e. The van der Waals surface area contributed by atoms with E-state index in [1.807, 2.05) is 6.92 Å². The summed E-state index contributed by atoms with van der Waals surface area (Å²) in [4.78, 5) is 14.1. The van der Waals surface area contributed by atoms with E-state index < -0.39 is 5.82 Å². The molecule has 4 nitrogen and oxygen atoms in total. The van der Waals surface area contributed by atoms with Gasteiger partial charge in [0.15, 0.2) is 0 Å². The van der Waals surface area contributed by atoms with E-state index in [1.165, 1.54) is 18.2 Å². The molecule has 3 N–H and O–H groups in total. The fourth-order valence-corrected chi connectivity index (χ4v) is 1.92. The molecule has 0 aliphatic heterocycles. The number of nitrogens with zero attached hydrogens (tertiary/aromatic N) is 1. The van der Waals surface area contributed by atoms with Gasteiger partial charge < -0.3 is 11.1 Å². The van der Waals surface area contributed by atoms with Gasteiger partial charge >= 0.3 is 0 Å². The highest BCUT2D eigenvalue weighted by Crippen LogP contribution is 2.19. The SMILES string of the molecule is CCC(C)CN(CC)CC(=O)Nc1ccc(F)cc1N. The minimum atomic E-state index is -0.410. The van der Waals surface area contributed by atoms with Gasteiger partial charge in [0.2, 0.25) is 5.91 Å². The molecule has 1 unspecified atom stereocenters. The molecule has 0 aliphatic rings. The van der Waals surface area contributed by atoms with Gasteiger partial charge in [-0.1, -0.05) is 27.2 Å². The van der Waals surface area contributed by atoms with Crippen molar-refractivity contribution in [2.45, 2.75) is 27.2 Å². The molecule has 0 fully saturated rings. The number of hydrogen-bond acceptors (Lipinski definition) is 3. The zero-order valence-corrected chi connectivity index (χ0v) is 12.4. The van der Waals surface area contributed by atoms with Crippen molar-refractivity contribution in [1.29, 1.82) is 0 Å². The number of nitrogens with two attached hydrogens (primary N) is 1. The van der Waals surface area contributed by atoms with Crippen molar-refractivity contribution in [3.8, 4) is 0 Å². The van der Waals surface area contributed by atoms with E-state index >= 15 is 0 Å². The maximum atomic E-state index is 12.9. The number of rotatable bonds is 7. The Morgan fingerprint density at radius 1 is 1.45 bits per heavy atom. The van der Waals surface area contributed by atoms with E-state index in [0.717, 1.165) is 19.5 Å². The quantitative estimate of drug-likeness (QED) is 0.756. The van der Waals surface area contributed by atoms with Crippen molar-refractivity contribution in [3.63, 3.8) is 0 Å². The molecule has 0 heterocycles. The number of benzene rings is 1. The molecule has 5 heteroatoms. The molecule has 0 bridgehead atoms. The molecule has 0 aromatic heterocycles. The van der Waals surface area contributed by atoms with Gasteiger partial charge in [-0.3, -0.25) is 9.69 Å². The molecule has 0 radical (unpaired) electrons. The first-order valence-corrected chi connectivity index (χ1v) is 7.03. The van der Waals surface area contributed by atoms with Gasteiger partial charge in [-0.15, -0.1) is 0 Å². The van der Waals surface area contributed by atoms with Crippen LogP contribution in [0.4, 0.5) is 15.8 Å². The number of anilines is 2. The first kappa shape index (κ1) is 16.4. The van der Waals surface area contributed by atoms with E-state index in [1.54, 1.807) is 0 Å². The van der Waals surface area contributed by atoms with E-state index in [-0.39, 0.29) is 11.6 Å². The molecule has 112 valence electrons. The van der Waals surface area contributed by atoms with Crippen LogP contribution in [0.1, 0.15) is 27.2 Å². The van der Waals surface area contributed by atoms with Crippen LogP contribution in [0, 0.1) is 11.7 Å². The zero-order chi connectivity index (χ0) is 15.1. The Kier molecular flexibility index (Phi) is 6.45. The lowest BCUT2D eigenvalue weighted by Crippen LogP contribution is -2.36. The topological polar surface area (TPSA) is 58.4 Å². The number of nitrogen functional groups attached to an aromatic ring is 1. The second-order valence-corrected chi connectivity index (χ2v) is 5.12. The highest BCUT2D eigenvalue weighted by molar-refractivity contribution is 5.95. The van der Waals surface area contributed by atoms with Crippen molar-refractivity contribution >= 4 is 17.3 Å². The largest absolute Gasteiger partial charge is 0.397 e. The number of likely N-dealkylation sites (N-methyl/N-ethyl adjacent to an activating group) is 1. The Morgan fingerprint density at radius 2 is 2.15 bits per heavy atom. The third-order valence-corrected chi connectivity index (χ3v) is 3.37. The first-order chi connectivity index (χ1) is 9.46. The Bertz CT molecular complexity index is 451. The number of nitrogens with one attached hydrogen (secondary N) is 1. The van der Waals surface area contributed by atoms with Gasteiger partial charge in [-0.25, -0.2) is 4.39 Å². The van der Waals surface area contributed by atoms with Crippen LogP contribution in [0.5, 0.6) is 0 Å². The average molecular weight is 281 g/mol. The molecule has 0 saturated carbocycles. The van der Waals surface area contributed by atoms with E-state index in [9.17, 15) is 9.18 Å². The second-order valence-electron chi connectivity index (χ2n) is 5.12. The van der Waals surface area contributed by atoms with E-state index in [2.05, 4.69) is 24.1 Å². The van der Waals surface area contributed by atoms with Crippen LogP contribution in [0.25, 0.3) is 0 Å². The van der Waals surface area contributed by atoms with Gasteiger partial charge in [0.1, 0.15) is 5.82 Å². The predicted octanol–water partition coefficient (Wildman–Crippen LogP) is 2.71. The maximum absolute atomic E-state index is 12.9. The van der Waals surface area contributed by atoms with Crippen LogP contribution < -0.4 is 11.1 Å². The molecule has 1 amide bonds. The molecule has 20 heavy (non-hydrogen) atoms. The summed E-state index contributed by atoms with van der Waals surface area (Å²) in [6, 6.07) is 3.96. The van der Waals surface area contributed by atoms with Crippen molar-refractivity contribution in [1.82, 2.24) is 4.90 Å². The van der Waals surface area contributed by atoms with Gasteiger partial charge in [0.25, 0.3) is 0 Å². The lowest BCUT2D eigenvalue weighted by molar-refractivity contribution is -0.117. The number of carbonyl (C=O) groups is 1. The molecule has 0 spiro atoms. The molecule has 0 saturated heterocycles. The summed E-state index contributed by atoms with van der Waals surface area (Å²) < 4.78 is 12.9. The highest BCUT2D eigenvalue weighted by Gasteiger charge is 2.13. The second kappa shape index (κ2) is 7.85. The average Bonchev–Trinajstić information content (AvgIpc) is 2.41. The van der Waals surface area contributed by atoms with E-state index in [4.69, 9.17) is 5.73 Å². The fraction of sp³-hybridized carbons (Fsp3) is 0.533. The molecule has 1 aromatic rings. The van der Waals surface area contributed by atoms with Crippen LogP contribution in [0.3, 0.4) is 0 Å². The molecule has 0 aliphatic carbocycles. The smallest absolute Gasteiger partial charge is 0.238 e. The molecule has 1 rings (SSSR count). The van der Waals surface area contributed by atoms with Crippen LogP contribution >= 0.6 is 0 Å². The summed E-state index contributed by atoms with van der Waals surface area (Å²) in [5.41, 5.74) is 6.36. The monoisotopic (exact) mass is 281 g/mol. The Morgan fingerprint density at radius 3 is 2.70 bits per heavy atom. The number of halogens is 1. The highest BCUT2D eigenvalue weighted by atomic mass is 19.1. The number of amides is 1. The molecule has 1 aromatic carbocycles. The minimum Gasteiger partial charge on any atom is -0.397 e. The van der Waals surface area contributed by atoms with Crippen LogP contribution in [-0.2, 0) is 4.79 Å². The minimum absolute atomic E-state index is 0.131. The van der Waals surface area contributed by atoms with Crippen LogP contribution in [-0.4, -0.2) is 30.4 Å². The molecular weight excluding hydrogens is 257 g/mol. The molecule has 1 atom stereocenters. The van der Waals surface area contributed by atoms with E-state index in [0.29, 0.717) is 18.2 Å². The molecular formula is C15H24FN3O. The summed E-state index contributed by atoms with van der Waals surface area (Å²) in [5.74, 6) is 0.0135. The van der Waals surface area contributed by atoms with Gasteiger partial charge in [0, 0.05) is 6.54 Å². The lowest BCUT2D eigenvalue weighted by Gasteiger charge is -2.23. The van der Waals surface area contributed by atoms with Gasteiger partial charge in [0.05, 0.1) is 17.9 Å². The lowest BCUT2D eigenvalue weighted by atomic mass is 10.1. The van der Waals surface area contributed by atoms with Gasteiger partial charge in [-0.2, -0.15) is 0 Å². The number of carbonyl (C=O) groups excluding carboxylic acids is 1. The Hall–Kier alpha value is -1.62. The Balaban J connectivity index is 2.57. The first-order valence-electron chi connectivity index (χ1n) is 7.03. The van der Waals surface area contributed by atoms with Crippen molar-refractivity contribution in [3.05, 3.63) is 24.0 Å². The number of hydrogen-bond donors (Lipinski definition) is 2. The van der Waals surface area contributed by atoms with Crippen molar-refractivity contribution < 1.29 is 9.18 Å². The summed E-state index contributed by atoms with van der Waals surface area (Å²) in [6.07, 6.45) is 1.09. The van der Waals surface area contributed by atoms with Crippen molar-refractivity contribution in [2.75, 3.05) is 30.7 Å². The third kappa shape index (κ3) is 5.17. The van der Waals surface area contributed by atoms with Gasteiger partial charge in [-0.05, 0) is 30.7 Å². The van der Waals surface area contributed by atoms with Crippen LogP contribution in [0.2, 0.25) is 0 Å². The normalized spacial score (nSPS) is 12.4. The fourth-order valence-electron chi connectivity index (χ4n) is 1.92. The zero-order valence-electron chi connectivity index (χ0n) is 12.4. The van der Waals surface area contributed by atoms with Crippen LogP contribution in [0.15, 0.2) is 18.2 Å². The third-order valence-electron chi connectivity index (χ3n) is 3.37. The standard InChI is InChI=1S/C15H24FN3O/c1-4-11(3)9-19(5-2)10-15(20)18-14-7-6-12(16)8-13(14)17/h6-8,11H,4-5,9-10,17H2,1-3H3,(H,18,20). The predicted molar refractivity (Wildman–Crippen MR) is 81.0 cm³/mol. The van der Waals surface area contributed by atoms with Crippen molar-refractivity contribution in [2.24, 2.45) is 5.92 Å². The summed E-state index contributed by atoms with van der Waals surface area (Å²) in [5, 5.41) is 2.72. The summed E-state index contributed by atoms with van der Waals surface area (Å²) >= 11 is 0. The summed E-state index contributed by atoms with van der Waals surface area (Å²) in [7, 11) is 0. The summed E-state index contributed by atoms with van der Waals surface area (Å²) in [6.45, 7) is 8.35.